The number of nitrogens with one attached hydrogen (secondary N) is 1. The number of amides is 1. The van der Waals surface area contributed by atoms with Gasteiger partial charge < -0.3 is 15.1 Å². The van der Waals surface area contributed by atoms with E-state index >= 15 is 0 Å². The minimum atomic E-state index is -0.581. The van der Waals surface area contributed by atoms with Crippen LogP contribution in [0.25, 0.3) is 0 Å². The molecule has 2 aromatic rings. The van der Waals surface area contributed by atoms with Gasteiger partial charge in [0, 0.05) is 27.2 Å². The smallest absolute Gasteiger partial charge is 0.235 e. The third-order valence-electron chi connectivity index (χ3n) is 5.65. The number of aromatic nitrogens is 2. The lowest BCUT2D eigenvalue weighted by Gasteiger charge is -2.28. The van der Waals surface area contributed by atoms with Crippen LogP contribution in [-0.4, -0.2) is 43.1 Å². The fraction of sp³-hybridized carbons (Fsp3) is 0.476. The maximum absolute atomic E-state index is 13.2. The largest absolute Gasteiger partial charge is 0.361 e. The molecule has 1 N–H and O–H groups in total. The van der Waals surface area contributed by atoms with Crippen LogP contribution in [-0.2, 0) is 10.2 Å². The first-order valence-corrected chi connectivity index (χ1v) is 9.86. The quantitative estimate of drug-likeness (QED) is 0.858. The van der Waals surface area contributed by atoms with Crippen molar-refractivity contribution in [3.63, 3.8) is 0 Å². The first-order valence-electron chi connectivity index (χ1n) is 9.86. The van der Waals surface area contributed by atoms with Crippen molar-refractivity contribution >= 4 is 23.4 Å². The number of hydrogen-bond acceptors (Lipinski definition) is 5. The van der Waals surface area contributed by atoms with Crippen LogP contribution in [0.1, 0.15) is 37.7 Å². The molecule has 0 unspecified atom stereocenters. The van der Waals surface area contributed by atoms with E-state index in [0.29, 0.717) is 17.5 Å². The molecule has 1 amide bonds. The monoisotopic (exact) mass is 383 g/mol. The van der Waals surface area contributed by atoms with E-state index in [-0.39, 0.29) is 11.7 Å². The van der Waals surface area contributed by atoms with Crippen LogP contribution < -0.4 is 15.1 Å². The average molecular weight is 383 g/mol. The van der Waals surface area contributed by atoms with E-state index < -0.39 is 5.41 Å². The first kappa shape index (κ1) is 18.7. The van der Waals surface area contributed by atoms with Crippen LogP contribution in [0.5, 0.6) is 0 Å². The van der Waals surface area contributed by atoms with E-state index in [0.717, 1.165) is 44.3 Å². The standard InChI is InChI=1S/C21H26FN5O/c1-26(2)18-17(14-23-20(25-18)27-12-4-3-5-13-27)24-19(28)21(10-11-21)15-6-8-16(22)9-7-15/h6-9,14H,3-5,10-13H2,1-2H3,(H,24,28). The van der Waals surface area contributed by atoms with Crippen LogP contribution in [0.15, 0.2) is 30.5 Å². The molecule has 2 fully saturated rings. The van der Waals surface area contributed by atoms with E-state index in [9.17, 15) is 9.18 Å². The Morgan fingerprint density at radius 1 is 1.14 bits per heavy atom. The summed E-state index contributed by atoms with van der Waals surface area (Å²) in [7, 11) is 3.82. The molecule has 6 nitrogen and oxygen atoms in total. The molecule has 1 aliphatic heterocycles. The highest BCUT2D eigenvalue weighted by Gasteiger charge is 2.51. The molecule has 7 heteroatoms. The van der Waals surface area contributed by atoms with Gasteiger partial charge in [-0.25, -0.2) is 9.37 Å². The van der Waals surface area contributed by atoms with Gasteiger partial charge in [0.1, 0.15) is 11.5 Å². The molecule has 1 aromatic carbocycles. The van der Waals surface area contributed by atoms with E-state index in [1.807, 2.05) is 19.0 Å². The Labute approximate surface area is 164 Å². The zero-order chi connectivity index (χ0) is 19.7. The summed E-state index contributed by atoms with van der Waals surface area (Å²) in [5, 5.41) is 3.02. The topological polar surface area (TPSA) is 61.4 Å². The maximum Gasteiger partial charge on any atom is 0.235 e. The van der Waals surface area contributed by atoms with Crippen molar-refractivity contribution in [1.29, 1.82) is 0 Å². The molecular weight excluding hydrogens is 357 g/mol. The predicted octanol–water partition coefficient (Wildman–Crippen LogP) is 3.34. The molecule has 28 heavy (non-hydrogen) atoms. The molecule has 0 spiro atoms. The summed E-state index contributed by atoms with van der Waals surface area (Å²) in [6.45, 7) is 1.93. The van der Waals surface area contributed by atoms with Crippen LogP contribution in [0.3, 0.4) is 0 Å². The second-order valence-corrected chi connectivity index (χ2v) is 7.89. The Balaban J connectivity index is 1.57. The lowest BCUT2D eigenvalue weighted by molar-refractivity contribution is -0.118. The number of halogens is 1. The molecule has 0 radical (unpaired) electrons. The number of hydrogen-bond donors (Lipinski definition) is 1. The van der Waals surface area contributed by atoms with Gasteiger partial charge in [0.2, 0.25) is 11.9 Å². The molecule has 0 bridgehead atoms. The molecule has 0 atom stereocenters. The Hall–Kier alpha value is -2.70. The first-order chi connectivity index (χ1) is 13.5. The highest BCUT2D eigenvalue weighted by atomic mass is 19.1. The van der Waals surface area contributed by atoms with Crippen molar-refractivity contribution in [2.75, 3.05) is 42.3 Å². The summed E-state index contributed by atoms with van der Waals surface area (Å²) in [4.78, 5) is 26.4. The van der Waals surface area contributed by atoms with Crippen LogP contribution in [0, 0.1) is 5.82 Å². The van der Waals surface area contributed by atoms with E-state index in [1.54, 1.807) is 18.3 Å². The van der Waals surface area contributed by atoms with E-state index in [1.165, 1.54) is 18.6 Å². The van der Waals surface area contributed by atoms with Crippen molar-refractivity contribution in [2.45, 2.75) is 37.5 Å². The molecule has 1 saturated heterocycles. The van der Waals surface area contributed by atoms with Gasteiger partial charge in [-0.3, -0.25) is 4.79 Å². The number of carbonyl (C=O) groups excluding carboxylic acids is 1. The third kappa shape index (κ3) is 3.53. The van der Waals surface area contributed by atoms with Gasteiger partial charge in [0.15, 0.2) is 5.82 Å². The Morgan fingerprint density at radius 3 is 2.43 bits per heavy atom. The van der Waals surface area contributed by atoms with E-state index in [2.05, 4.69) is 15.2 Å². The number of benzene rings is 1. The summed E-state index contributed by atoms with van der Waals surface area (Å²) < 4.78 is 13.2. The number of carbonyl (C=O) groups is 1. The second kappa shape index (κ2) is 7.37. The van der Waals surface area contributed by atoms with Gasteiger partial charge in [0.25, 0.3) is 0 Å². The number of nitrogens with zero attached hydrogens (tertiary/aromatic N) is 4. The van der Waals surface area contributed by atoms with Gasteiger partial charge in [0.05, 0.1) is 11.6 Å². The van der Waals surface area contributed by atoms with Crippen molar-refractivity contribution in [1.82, 2.24) is 9.97 Å². The number of rotatable bonds is 5. The lowest BCUT2D eigenvalue weighted by Crippen LogP contribution is -2.32. The van der Waals surface area contributed by atoms with Crippen molar-refractivity contribution in [3.05, 3.63) is 41.8 Å². The SMILES string of the molecule is CN(C)c1nc(N2CCCCC2)ncc1NC(=O)C1(c2ccc(F)cc2)CC1. The fourth-order valence-electron chi connectivity index (χ4n) is 3.82. The van der Waals surface area contributed by atoms with Crippen molar-refractivity contribution < 1.29 is 9.18 Å². The number of piperidine rings is 1. The van der Waals surface area contributed by atoms with Crippen molar-refractivity contribution in [2.24, 2.45) is 0 Å². The van der Waals surface area contributed by atoms with Crippen LogP contribution in [0.2, 0.25) is 0 Å². The summed E-state index contributed by atoms with van der Waals surface area (Å²) in [6, 6.07) is 6.21. The minimum absolute atomic E-state index is 0.0865. The predicted molar refractivity (Wildman–Crippen MR) is 108 cm³/mol. The van der Waals surface area contributed by atoms with E-state index in [4.69, 9.17) is 4.98 Å². The summed E-state index contributed by atoms with van der Waals surface area (Å²) >= 11 is 0. The zero-order valence-corrected chi connectivity index (χ0v) is 16.4. The summed E-state index contributed by atoms with van der Waals surface area (Å²) in [5.74, 6) is 1.02. The van der Waals surface area contributed by atoms with Gasteiger partial charge in [-0.1, -0.05) is 12.1 Å². The Bertz CT molecular complexity index is 858. The summed E-state index contributed by atoms with van der Waals surface area (Å²) in [6.07, 6.45) is 6.77. The molecule has 2 heterocycles. The molecule has 2 aliphatic rings. The van der Waals surface area contributed by atoms with Crippen molar-refractivity contribution in [3.8, 4) is 0 Å². The maximum atomic E-state index is 13.2. The minimum Gasteiger partial charge on any atom is -0.361 e. The molecule has 1 aliphatic carbocycles. The summed E-state index contributed by atoms with van der Waals surface area (Å²) in [5.41, 5.74) is 0.871. The van der Waals surface area contributed by atoms with Gasteiger partial charge in [-0.05, 0) is 49.8 Å². The lowest BCUT2D eigenvalue weighted by atomic mass is 9.95. The van der Waals surface area contributed by atoms with Crippen LogP contribution >= 0.6 is 0 Å². The normalized spacial score (nSPS) is 17.9. The molecular formula is C21H26FN5O. The average Bonchev–Trinajstić information content (AvgIpc) is 3.51. The zero-order valence-electron chi connectivity index (χ0n) is 16.4. The van der Waals surface area contributed by atoms with Gasteiger partial charge in [-0.2, -0.15) is 4.98 Å². The molecule has 4 rings (SSSR count). The fourth-order valence-corrected chi connectivity index (χ4v) is 3.82. The Kier molecular flexibility index (Phi) is 4.91. The molecule has 1 saturated carbocycles. The second-order valence-electron chi connectivity index (χ2n) is 7.89. The Morgan fingerprint density at radius 2 is 1.82 bits per heavy atom. The molecule has 1 aromatic heterocycles. The van der Waals surface area contributed by atoms with Crippen LogP contribution in [0.4, 0.5) is 21.8 Å². The van der Waals surface area contributed by atoms with Gasteiger partial charge in [-0.15, -0.1) is 0 Å². The van der Waals surface area contributed by atoms with Gasteiger partial charge >= 0.3 is 0 Å². The highest BCUT2D eigenvalue weighted by Crippen LogP contribution is 2.49. The number of anilines is 3. The molecule has 148 valence electrons. The third-order valence-corrected chi connectivity index (χ3v) is 5.65. The highest BCUT2D eigenvalue weighted by molar-refractivity contribution is 6.02.